The van der Waals surface area contributed by atoms with Gasteiger partial charge in [0, 0.05) is 29.1 Å². The molecule has 0 saturated carbocycles. The van der Waals surface area contributed by atoms with Gasteiger partial charge in [0.15, 0.2) is 0 Å². The van der Waals surface area contributed by atoms with E-state index in [0.29, 0.717) is 24.5 Å². The molecule has 0 radical (unpaired) electrons. The molecule has 1 amide bonds. The van der Waals surface area contributed by atoms with Crippen LogP contribution in [-0.2, 0) is 21.2 Å². The largest absolute Gasteiger partial charge is 0.464 e. The van der Waals surface area contributed by atoms with Crippen molar-refractivity contribution in [3.63, 3.8) is 0 Å². The molecule has 3 rings (SSSR count). The molecule has 0 unspecified atom stereocenters. The predicted molar refractivity (Wildman–Crippen MR) is 97.1 cm³/mol. The van der Waals surface area contributed by atoms with Crippen molar-refractivity contribution in [3.05, 3.63) is 34.0 Å². The van der Waals surface area contributed by atoms with Crippen molar-refractivity contribution in [2.24, 2.45) is 11.1 Å². The van der Waals surface area contributed by atoms with Gasteiger partial charge in [-0.25, -0.2) is 13.6 Å². The third-order valence-corrected chi connectivity index (χ3v) is 6.26. The number of benzene rings is 1. The summed E-state index contributed by atoms with van der Waals surface area (Å²) in [5.41, 5.74) is 3.36. The van der Waals surface area contributed by atoms with E-state index >= 15 is 0 Å². The van der Waals surface area contributed by atoms with Gasteiger partial charge in [-0.15, -0.1) is 0 Å². The molecule has 8 heteroatoms. The molecule has 1 atom stereocenters. The molecule has 2 N–H and O–H groups in total. The molecule has 6 nitrogen and oxygen atoms in total. The first kappa shape index (κ1) is 18.2. The topological polar surface area (TPSA) is 93.6 Å². The van der Waals surface area contributed by atoms with Crippen molar-refractivity contribution in [2.75, 3.05) is 18.8 Å². The van der Waals surface area contributed by atoms with Gasteiger partial charge in [-0.05, 0) is 43.4 Å². The second-order valence-corrected chi connectivity index (χ2v) is 8.80. The summed E-state index contributed by atoms with van der Waals surface area (Å²) in [7, 11) is -3.52. The average molecular weight is 385 g/mol. The number of nitrogens with two attached hydrogens (primary N) is 1. The van der Waals surface area contributed by atoms with E-state index in [9.17, 15) is 13.2 Å². The fraction of sp³-hybridized carbons (Fsp3) is 0.471. The van der Waals surface area contributed by atoms with Crippen LogP contribution in [0, 0.1) is 19.8 Å². The number of likely N-dealkylation sites (tertiary alicyclic amines) is 1. The van der Waals surface area contributed by atoms with E-state index in [4.69, 9.17) is 21.2 Å². The van der Waals surface area contributed by atoms with Gasteiger partial charge < -0.3 is 9.32 Å². The maximum absolute atomic E-state index is 12.6. The third kappa shape index (κ3) is 3.83. The number of hydrogen-bond donors (Lipinski definition) is 1. The molecule has 1 aromatic heterocycles. The minimum Gasteiger partial charge on any atom is -0.464 e. The highest BCUT2D eigenvalue weighted by Crippen LogP contribution is 2.33. The number of furan rings is 1. The van der Waals surface area contributed by atoms with E-state index in [0.717, 1.165) is 27.7 Å². The molecule has 25 heavy (non-hydrogen) atoms. The molecular formula is C17H21ClN2O4S. The number of rotatable bonds is 4. The number of carbonyl (C=O) groups excluding carboxylic acids is 1. The molecule has 1 aliphatic heterocycles. The van der Waals surface area contributed by atoms with E-state index in [-0.39, 0.29) is 24.0 Å². The van der Waals surface area contributed by atoms with Crippen LogP contribution in [0.2, 0.25) is 5.02 Å². The zero-order chi connectivity index (χ0) is 18.4. The van der Waals surface area contributed by atoms with Crippen molar-refractivity contribution in [3.8, 4) is 0 Å². The van der Waals surface area contributed by atoms with E-state index in [2.05, 4.69) is 0 Å². The second-order valence-electron chi connectivity index (χ2n) is 6.77. The lowest BCUT2D eigenvalue weighted by molar-refractivity contribution is -0.129. The summed E-state index contributed by atoms with van der Waals surface area (Å²) in [6.45, 7) is 4.80. The van der Waals surface area contributed by atoms with E-state index in [1.165, 1.54) is 0 Å². The normalized spacial score (nSPS) is 18.2. The third-order valence-electron chi connectivity index (χ3n) is 4.74. The van der Waals surface area contributed by atoms with Crippen LogP contribution >= 0.6 is 11.6 Å². The average Bonchev–Trinajstić information content (AvgIpc) is 3.10. The highest BCUT2D eigenvalue weighted by atomic mass is 35.5. The Morgan fingerprint density at radius 3 is 2.84 bits per heavy atom. The van der Waals surface area contributed by atoms with Crippen LogP contribution in [0.4, 0.5) is 0 Å². The first-order valence-corrected chi connectivity index (χ1v) is 10.2. The Balaban J connectivity index is 1.76. The van der Waals surface area contributed by atoms with Gasteiger partial charge in [0.05, 0.1) is 18.4 Å². The molecular weight excluding hydrogens is 364 g/mol. The zero-order valence-corrected chi connectivity index (χ0v) is 15.8. The highest BCUT2D eigenvalue weighted by Gasteiger charge is 2.29. The fourth-order valence-corrected chi connectivity index (χ4v) is 4.61. The van der Waals surface area contributed by atoms with Crippen LogP contribution in [0.1, 0.15) is 23.1 Å². The molecule has 136 valence electrons. The van der Waals surface area contributed by atoms with Crippen molar-refractivity contribution in [2.45, 2.75) is 26.7 Å². The van der Waals surface area contributed by atoms with Crippen LogP contribution in [0.15, 0.2) is 16.7 Å². The van der Waals surface area contributed by atoms with Gasteiger partial charge in [0.2, 0.25) is 15.9 Å². The minimum absolute atomic E-state index is 0.0456. The molecule has 1 saturated heterocycles. The van der Waals surface area contributed by atoms with Crippen LogP contribution in [0.5, 0.6) is 0 Å². The van der Waals surface area contributed by atoms with Crippen molar-refractivity contribution >= 4 is 38.5 Å². The Morgan fingerprint density at radius 2 is 2.16 bits per heavy atom. The SMILES string of the molecule is Cc1cc2occ(CC(=O)N3CC[C@H](CS(N)(=O)=O)C3)c2c(C)c1Cl. The number of sulfonamides is 1. The monoisotopic (exact) mass is 384 g/mol. The standard InChI is InChI=1S/C17H21ClN2O4S/c1-10-5-14-16(11(2)17(10)18)13(8-24-14)6-15(21)20-4-3-12(7-20)9-25(19,22)23/h5,8,12H,3-4,6-7,9H2,1-2H3,(H2,19,22,23)/t12-/m0/s1. The van der Waals surface area contributed by atoms with Gasteiger partial charge in [-0.2, -0.15) is 0 Å². The van der Waals surface area contributed by atoms with Crippen molar-refractivity contribution in [1.82, 2.24) is 4.90 Å². The lowest BCUT2D eigenvalue weighted by Crippen LogP contribution is -2.31. The van der Waals surface area contributed by atoms with Crippen molar-refractivity contribution < 1.29 is 17.6 Å². The van der Waals surface area contributed by atoms with Crippen LogP contribution in [0.3, 0.4) is 0 Å². The Bertz CT molecular complexity index is 936. The van der Waals surface area contributed by atoms with E-state index < -0.39 is 10.0 Å². The Hall–Kier alpha value is -1.57. The predicted octanol–water partition coefficient (Wildman–Crippen LogP) is 2.38. The number of nitrogens with zero attached hydrogens (tertiary/aromatic N) is 1. The number of fused-ring (bicyclic) bond motifs is 1. The first-order valence-electron chi connectivity index (χ1n) is 8.09. The summed E-state index contributed by atoms with van der Waals surface area (Å²) in [5.74, 6) is -0.228. The molecule has 2 aromatic rings. The molecule has 1 fully saturated rings. The number of hydrogen-bond acceptors (Lipinski definition) is 4. The smallest absolute Gasteiger partial charge is 0.227 e. The van der Waals surface area contributed by atoms with Crippen molar-refractivity contribution in [1.29, 1.82) is 0 Å². The second kappa shape index (κ2) is 6.63. The summed E-state index contributed by atoms with van der Waals surface area (Å²) in [5, 5.41) is 6.65. The summed E-state index contributed by atoms with van der Waals surface area (Å²) in [4.78, 5) is 14.3. The summed E-state index contributed by atoms with van der Waals surface area (Å²) < 4.78 is 28.0. The number of amides is 1. The van der Waals surface area contributed by atoms with Gasteiger partial charge >= 0.3 is 0 Å². The fourth-order valence-electron chi connectivity index (χ4n) is 3.54. The summed E-state index contributed by atoms with van der Waals surface area (Å²) in [6, 6.07) is 1.87. The number of carbonyl (C=O) groups is 1. The Morgan fingerprint density at radius 1 is 1.44 bits per heavy atom. The van der Waals surface area contributed by atoms with Gasteiger partial charge in [-0.1, -0.05) is 11.6 Å². The number of aryl methyl sites for hydroxylation is 2. The zero-order valence-electron chi connectivity index (χ0n) is 14.2. The lowest BCUT2D eigenvalue weighted by atomic mass is 10.0. The molecule has 0 aliphatic carbocycles. The quantitative estimate of drug-likeness (QED) is 0.875. The molecule has 1 aliphatic rings. The summed E-state index contributed by atoms with van der Waals surface area (Å²) in [6.07, 6.45) is 2.46. The van der Waals surface area contributed by atoms with Crippen LogP contribution in [0.25, 0.3) is 11.0 Å². The van der Waals surface area contributed by atoms with Crippen LogP contribution < -0.4 is 5.14 Å². The Labute approximate surface area is 152 Å². The van der Waals surface area contributed by atoms with Gasteiger partial charge in [0.25, 0.3) is 0 Å². The first-order chi connectivity index (χ1) is 11.7. The van der Waals surface area contributed by atoms with Gasteiger partial charge in [-0.3, -0.25) is 4.79 Å². The molecule has 0 bridgehead atoms. The molecule has 1 aromatic carbocycles. The maximum atomic E-state index is 12.6. The molecule has 2 heterocycles. The summed E-state index contributed by atoms with van der Waals surface area (Å²) >= 11 is 6.32. The highest BCUT2D eigenvalue weighted by molar-refractivity contribution is 7.89. The van der Waals surface area contributed by atoms with Gasteiger partial charge in [0.1, 0.15) is 5.58 Å². The molecule has 0 spiro atoms. The van der Waals surface area contributed by atoms with E-state index in [1.807, 2.05) is 19.9 Å². The number of primary sulfonamides is 1. The Kier molecular flexibility index (Phi) is 4.83. The van der Waals surface area contributed by atoms with Crippen LogP contribution in [-0.4, -0.2) is 38.1 Å². The van der Waals surface area contributed by atoms with E-state index in [1.54, 1.807) is 11.2 Å². The number of halogens is 1. The minimum atomic E-state index is -3.52. The lowest BCUT2D eigenvalue weighted by Gasteiger charge is -2.16. The maximum Gasteiger partial charge on any atom is 0.227 e.